The minimum atomic E-state index is -3.70. The zero-order valence-corrected chi connectivity index (χ0v) is 15.8. The molecule has 0 spiro atoms. The van der Waals surface area contributed by atoms with Crippen molar-refractivity contribution in [1.29, 1.82) is 5.26 Å². The Morgan fingerprint density at radius 3 is 2.81 bits per heavy atom. The van der Waals surface area contributed by atoms with Crippen LogP contribution in [0.1, 0.15) is 17.5 Å². The first-order chi connectivity index (χ1) is 12.9. The number of rotatable bonds is 6. The Balaban J connectivity index is 1.73. The van der Waals surface area contributed by atoms with Crippen LogP contribution >= 0.6 is 0 Å². The van der Waals surface area contributed by atoms with Gasteiger partial charge in [-0.2, -0.15) is 5.26 Å². The van der Waals surface area contributed by atoms with Crippen molar-refractivity contribution in [3.63, 3.8) is 0 Å². The molecule has 0 radical (unpaired) electrons. The van der Waals surface area contributed by atoms with Crippen LogP contribution in [-0.4, -0.2) is 32.4 Å². The van der Waals surface area contributed by atoms with Gasteiger partial charge in [-0.3, -0.25) is 0 Å². The number of hydrogen-bond acceptors (Lipinski definition) is 5. The molecular formula is C19H21FN4O2S. The molecule has 1 fully saturated rings. The summed E-state index contributed by atoms with van der Waals surface area (Å²) in [7, 11) is -3.70. The molecule has 3 rings (SSSR count). The molecule has 0 bridgehead atoms. The number of aryl methyl sites for hydroxylation is 1. The third-order valence-electron chi connectivity index (χ3n) is 4.51. The van der Waals surface area contributed by atoms with Crippen molar-refractivity contribution in [2.24, 2.45) is 0 Å². The summed E-state index contributed by atoms with van der Waals surface area (Å²) in [4.78, 5) is 1.74. The van der Waals surface area contributed by atoms with E-state index in [4.69, 9.17) is 5.26 Å². The Labute approximate surface area is 158 Å². The molecule has 1 aliphatic heterocycles. The lowest BCUT2D eigenvalue weighted by Crippen LogP contribution is -2.36. The van der Waals surface area contributed by atoms with Crippen LogP contribution in [-0.2, 0) is 16.6 Å². The van der Waals surface area contributed by atoms with Gasteiger partial charge < -0.3 is 10.2 Å². The molecule has 2 aromatic rings. The molecule has 1 aliphatic rings. The van der Waals surface area contributed by atoms with Crippen LogP contribution < -0.4 is 10.0 Å². The highest BCUT2D eigenvalue weighted by Crippen LogP contribution is 2.22. The van der Waals surface area contributed by atoms with Crippen LogP contribution in [0.5, 0.6) is 0 Å². The summed E-state index contributed by atoms with van der Waals surface area (Å²) in [5, 5.41) is 12.0. The molecule has 1 unspecified atom stereocenters. The monoisotopic (exact) mass is 388 g/mol. The Kier molecular flexibility index (Phi) is 5.63. The molecule has 2 aromatic carbocycles. The number of hydrogen-bond donors (Lipinski definition) is 2. The molecule has 8 heteroatoms. The van der Waals surface area contributed by atoms with Crippen molar-refractivity contribution in [3.05, 3.63) is 59.4 Å². The van der Waals surface area contributed by atoms with Crippen molar-refractivity contribution < 1.29 is 12.8 Å². The average Bonchev–Trinajstić information content (AvgIpc) is 3.08. The van der Waals surface area contributed by atoms with Crippen molar-refractivity contribution >= 4 is 15.7 Å². The maximum Gasteiger partial charge on any atom is 0.241 e. The summed E-state index contributed by atoms with van der Waals surface area (Å²) in [5.41, 5.74) is 2.03. The fourth-order valence-corrected chi connectivity index (χ4v) is 4.61. The van der Waals surface area contributed by atoms with E-state index in [-0.39, 0.29) is 16.8 Å². The average molecular weight is 388 g/mol. The first kappa shape index (κ1) is 19.1. The van der Waals surface area contributed by atoms with Gasteiger partial charge in [0.25, 0.3) is 0 Å². The summed E-state index contributed by atoms with van der Waals surface area (Å²) < 4.78 is 41.5. The fourth-order valence-electron chi connectivity index (χ4n) is 3.08. The van der Waals surface area contributed by atoms with Crippen LogP contribution in [0.2, 0.25) is 0 Å². The minimum absolute atomic E-state index is 0.196. The van der Waals surface area contributed by atoms with Gasteiger partial charge in [-0.05, 0) is 48.7 Å². The summed E-state index contributed by atoms with van der Waals surface area (Å²) in [6.07, 6.45) is 2.64. The second-order valence-corrected chi connectivity index (χ2v) is 8.30. The maximum atomic E-state index is 13.3. The van der Waals surface area contributed by atoms with E-state index < -0.39 is 10.0 Å². The summed E-state index contributed by atoms with van der Waals surface area (Å²) in [6, 6.07) is 11.1. The molecule has 142 valence electrons. The molecule has 0 aromatic heterocycles. The number of benzene rings is 2. The van der Waals surface area contributed by atoms with Gasteiger partial charge in [-0.1, -0.05) is 18.2 Å². The quantitative estimate of drug-likeness (QED) is 0.743. The van der Waals surface area contributed by atoms with Crippen molar-refractivity contribution in [1.82, 2.24) is 9.62 Å². The predicted octanol–water partition coefficient (Wildman–Crippen LogP) is 2.58. The van der Waals surface area contributed by atoms with Gasteiger partial charge >= 0.3 is 0 Å². The fraction of sp³-hybridized carbons (Fsp3) is 0.316. The van der Waals surface area contributed by atoms with E-state index in [0.717, 1.165) is 5.56 Å². The molecule has 2 N–H and O–H groups in total. The normalized spacial score (nSPS) is 16.9. The third-order valence-corrected chi connectivity index (χ3v) is 6.18. The lowest BCUT2D eigenvalue weighted by Gasteiger charge is -2.16. The summed E-state index contributed by atoms with van der Waals surface area (Å²) in [6.45, 7) is 3.05. The smallest absolute Gasteiger partial charge is 0.241 e. The minimum Gasteiger partial charge on any atom is -0.381 e. The summed E-state index contributed by atoms with van der Waals surface area (Å²) in [5.74, 6) is -0.311. The van der Waals surface area contributed by atoms with Gasteiger partial charge in [0.1, 0.15) is 5.82 Å². The van der Waals surface area contributed by atoms with E-state index in [0.29, 0.717) is 37.3 Å². The van der Waals surface area contributed by atoms with Gasteiger partial charge in [-0.25, -0.2) is 17.5 Å². The largest absolute Gasteiger partial charge is 0.381 e. The van der Waals surface area contributed by atoms with E-state index in [1.54, 1.807) is 37.3 Å². The van der Waals surface area contributed by atoms with E-state index in [1.807, 2.05) is 6.19 Å². The third kappa shape index (κ3) is 4.76. The van der Waals surface area contributed by atoms with Gasteiger partial charge in [0.05, 0.1) is 4.90 Å². The Morgan fingerprint density at radius 1 is 1.30 bits per heavy atom. The molecule has 0 saturated carbocycles. The standard InChI is InChI=1S/C19H21FN4O2S/c1-14-5-6-17(22-11-15-3-2-4-16(20)9-15)10-19(14)27(25,26)23-18-7-8-24(12-18)13-21/h2-6,9-10,18,22-23H,7-8,11-12H2,1H3. The van der Waals surface area contributed by atoms with Gasteiger partial charge in [-0.15, -0.1) is 0 Å². The highest BCUT2D eigenvalue weighted by Gasteiger charge is 2.27. The van der Waals surface area contributed by atoms with Crippen LogP contribution in [0.3, 0.4) is 0 Å². The van der Waals surface area contributed by atoms with Crippen LogP contribution in [0.15, 0.2) is 47.4 Å². The van der Waals surface area contributed by atoms with Crippen molar-refractivity contribution in [2.45, 2.75) is 30.8 Å². The second-order valence-electron chi connectivity index (χ2n) is 6.62. The van der Waals surface area contributed by atoms with Crippen LogP contribution in [0.4, 0.5) is 10.1 Å². The first-order valence-electron chi connectivity index (χ1n) is 8.63. The highest BCUT2D eigenvalue weighted by molar-refractivity contribution is 7.89. The molecule has 1 saturated heterocycles. The first-order valence-corrected chi connectivity index (χ1v) is 10.1. The van der Waals surface area contributed by atoms with E-state index in [9.17, 15) is 12.8 Å². The Hall–Kier alpha value is -2.63. The lowest BCUT2D eigenvalue weighted by atomic mass is 10.2. The molecule has 0 amide bonds. The summed E-state index contributed by atoms with van der Waals surface area (Å²) >= 11 is 0. The number of halogens is 1. The van der Waals surface area contributed by atoms with E-state index in [1.165, 1.54) is 17.0 Å². The number of anilines is 1. The number of nitrogens with zero attached hydrogens (tertiary/aromatic N) is 2. The van der Waals surface area contributed by atoms with E-state index >= 15 is 0 Å². The second kappa shape index (κ2) is 7.94. The van der Waals surface area contributed by atoms with Gasteiger partial charge in [0.15, 0.2) is 6.19 Å². The number of nitrogens with one attached hydrogen (secondary N) is 2. The molecule has 1 heterocycles. The van der Waals surface area contributed by atoms with Crippen LogP contribution in [0.25, 0.3) is 0 Å². The zero-order chi connectivity index (χ0) is 19.4. The molecular weight excluding hydrogens is 367 g/mol. The molecule has 1 atom stereocenters. The molecule has 27 heavy (non-hydrogen) atoms. The van der Waals surface area contributed by atoms with Crippen molar-refractivity contribution in [3.8, 4) is 6.19 Å². The topological polar surface area (TPSA) is 85.2 Å². The Bertz CT molecular complexity index is 972. The van der Waals surface area contributed by atoms with Gasteiger partial charge in [0.2, 0.25) is 10.0 Å². The van der Waals surface area contributed by atoms with Crippen molar-refractivity contribution in [2.75, 3.05) is 18.4 Å². The molecule has 6 nitrogen and oxygen atoms in total. The predicted molar refractivity (Wildman–Crippen MR) is 101 cm³/mol. The number of likely N-dealkylation sites (tertiary alicyclic amines) is 1. The maximum absolute atomic E-state index is 13.3. The zero-order valence-electron chi connectivity index (χ0n) is 14.9. The van der Waals surface area contributed by atoms with E-state index in [2.05, 4.69) is 10.0 Å². The van der Waals surface area contributed by atoms with Gasteiger partial charge in [0, 0.05) is 31.4 Å². The SMILES string of the molecule is Cc1ccc(NCc2cccc(F)c2)cc1S(=O)(=O)NC1CCN(C#N)C1. The highest BCUT2D eigenvalue weighted by atomic mass is 32.2. The number of sulfonamides is 1. The Morgan fingerprint density at radius 2 is 2.11 bits per heavy atom. The van der Waals surface area contributed by atoms with Crippen LogP contribution in [0, 0.1) is 24.2 Å². The number of nitriles is 1. The lowest BCUT2D eigenvalue weighted by molar-refractivity contribution is 0.470. The molecule has 0 aliphatic carbocycles.